The molecule has 2 aromatic heterocycles. The zero-order valence-corrected chi connectivity index (χ0v) is 13.9. The summed E-state index contributed by atoms with van der Waals surface area (Å²) >= 11 is 1.85. The maximum atomic E-state index is 4.82. The van der Waals surface area contributed by atoms with Crippen molar-refractivity contribution >= 4 is 21.4 Å². The van der Waals surface area contributed by atoms with Crippen molar-refractivity contribution in [3.05, 3.63) is 58.5 Å². The molecule has 0 radical (unpaired) electrons. The Hall–Kier alpha value is -1.78. The number of nitrogens with zero attached hydrogens (tertiary/aromatic N) is 3. The summed E-state index contributed by atoms with van der Waals surface area (Å²) in [7, 11) is 0. The van der Waals surface area contributed by atoms with Crippen molar-refractivity contribution in [2.24, 2.45) is 0 Å². The van der Waals surface area contributed by atoms with Gasteiger partial charge >= 0.3 is 0 Å². The third-order valence-corrected chi connectivity index (χ3v) is 5.94. The highest BCUT2D eigenvalue weighted by atomic mass is 32.1. The van der Waals surface area contributed by atoms with Crippen LogP contribution in [0.4, 0.5) is 0 Å². The summed E-state index contributed by atoms with van der Waals surface area (Å²) in [6.45, 7) is 3.09. The number of hydrogen-bond donors (Lipinski definition) is 0. The lowest BCUT2D eigenvalue weighted by Crippen LogP contribution is -2.31. The lowest BCUT2D eigenvalue weighted by Gasteiger charge is -2.28. The SMILES string of the molecule is c1ccc2c(CN3CCc4nc(C5CC5)ncc4C3)csc2c1. The molecule has 0 saturated heterocycles. The number of benzene rings is 1. The van der Waals surface area contributed by atoms with E-state index in [2.05, 4.69) is 45.7 Å². The van der Waals surface area contributed by atoms with Crippen LogP contribution in [0.25, 0.3) is 10.1 Å². The topological polar surface area (TPSA) is 29.0 Å². The summed E-state index contributed by atoms with van der Waals surface area (Å²) in [4.78, 5) is 11.9. The minimum Gasteiger partial charge on any atom is -0.294 e. The van der Waals surface area contributed by atoms with E-state index in [1.807, 2.05) is 11.3 Å². The van der Waals surface area contributed by atoms with Crippen molar-refractivity contribution in [2.45, 2.75) is 38.3 Å². The van der Waals surface area contributed by atoms with E-state index in [4.69, 9.17) is 4.98 Å². The first-order valence-electron chi connectivity index (χ1n) is 8.39. The molecule has 116 valence electrons. The molecule has 3 nitrogen and oxygen atoms in total. The van der Waals surface area contributed by atoms with E-state index in [-0.39, 0.29) is 0 Å². The zero-order valence-electron chi connectivity index (χ0n) is 13.0. The number of fused-ring (bicyclic) bond motifs is 2. The summed E-state index contributed by atoms with van der Waals surface area (Å²) < 4.78 is 1.39. The molecule has 3 heterocycles. The van der Waals surface area contributed by atoms with Gasteiger partial charge in [-0.05, 0) is 35.2 Å². The second kappa shape index (κ2) is 5.39. The molecule has 1 aliphatic carbocycles. The van der Waals surface area contributed by atoms with Gasteiger partial charge in [-0.2, -0.15) is 0 Å². The van der Waals surface area contributed by atoms with E-state index in [1.54, 1.807) is 0 Å². The summed E-state index contributed by atoms with van der Waals surface area (Å²) in [6, 6.07) is 8.71. The Kier molecular flexibility index (Phi) is 3.20. The molecule has 0 amide bonds. The molecule has 0 unspecified atom stereocenters. The Morgan fingerprint density at radius 1 is 1.22 bits per heavy atom. The number of aromatic nitrogens is 2. The monoisotopic (exact) mass is 321 g/mol. The fourth-order valence-corrected chi connectivity index (χ4v) is 4.41. The molecule has 5 rings (SSSR count). The first-order chi connectivity index (χ1) is 11.4. The fourth-order valence-electron chi connectivity index (χ4n) is 3.46. The van der Waals surface area contributed by atoms with Gasteiger partial charge in [0.1, 0.15) is 5.82 Å². The van der Waals surface area contributed by atoms with Crippen LogP contribution < -0.4 is 0 Å². The molecule has 0 N–H and O–H groups in total. The van der Waals surface area contributed by atoms with Crippen molar-refractivity contribution in [3.8, 4) is 0 Å². The number of rotatable bonds is 3. The second-order valence-corrected chi connectivity index (χ2v) is 7.60. The average molecular weight is 321 g/mol. The van der Waals surface area contributed by atoms with Crippen LogP contribution in [0.3, 0.4) is 0 Å². The second-order valence-electron chi connectivity index (χ2n) is 6.69. The lowest BCUT2D eigenvalue weighted by molar-refractivity contribution is 0.243. The largest absolute Gasteiger partial charge is 0.294 e. The Morgan fingerprint density at radius 3 is 3.04 bits per heavy atom. The smallest absolute Gasteiger partial charge is 0.131 e. The first-order valence-corrected chi connectivity index (χ1v) is 9.27. The van der Waals surface area contributed by atoms with Gasteiger partial charge in [-0.1, -0.05) is 18.2 Å². The average Bonchev–Trinajstić information content (AvgIpc) is 3.37. The van der Waals surface area contributed by atoms with Crippen LogP contribution >= 0.6 is 11.3 Å². The maximum absolute atomic E-state index is 4.82. The van der Waals surface area contributed by atoms with E-state index in [0.29, 0.717) is 5.92 Å². The van der Waals surface area contributed by atoms with E-state index in [1.165, 1.54) is 39.7 Å². The van der Waals surface area contributed by atoms with Crippen molar-refractivity contribution in [3.63, 3.8) is 0 Å². The van der Waals surface area contributed by atoms with Crippen molar-refractivity contribution in [1.82, 2.24) is 14.9 Å². The predicted octanol–water partition coefficient (Wildman–Crippen LogP) is 4.13. The molecule has 0 atom stereocenters. The van der Waals surface area contributed by atoms with E-state index < -0.39 is 0 Å². The molecule has 23 heavy (non-hydrogen) atoms. The Morgan fingerprint density at radius 2 is 2.13 bits per heavy atom. The van der Waals surface area contributed by atoms with E-state index in [0.717, 1.165) is 31.9 Å². The molecule has 1 aromatic carbocycles. The molecule has 0 bridgehead atoms. The quantitative estimate of drug-likeness (QED) is 0.726. The minimum atomic E-state index is 0.649. The molecule has 1 fully saturated rings. The number of hydrogen-bond acceptors (Lipinski definition) is 4. The van der Waals surface area contributed by atoms with Gasteiger partial charge < -0.3 is 0 Å². The van der Waals surface area contributed by atoms with Gasteiger partial charge in [-0.25, -0.2) is 9.97 Å². The van der Waals surface area contributed by atoms with Gasteiger partial charge in [0.25, 0.3) is 0 Å². The number of thiophene rings is 1. The summed E-state index contributed by atoms with van der Waals surface area (Å²) in [6.07, 6.45) is 5.68. The van der Waals surface area contributed by atoms with Gasteiger partial charge in [-0.15, -0.1) is 11.3 Å². The summed E-state index contributed by atoms with van der Waals surface area (Å²) in [5.74, 6) is 1.73. The molecule has 4 heteroatoms. The fraction of sp³-hybridized carbons (Fsp3) is 0.368. The van der Waals surface area contributed by atoms with Crippen molar-refractivity contribution in [1.29, 1.82) is 0 Å². The summed E-state index contributed by atoms with van der Waals surface area (Å²) in [5, 5.41) is 3.72. The maximum Gasteiger partial charge on any atom is 0.131 e. The van der Waals surface area contributed by atoms with Gasteiger partial charge in [0, 0.05) is 54.1 Å². The zero-order chi connectivity index (χ0) is 15.2. The van der Waals surface area contributed by atoms with Gasteiger partial charge in [-0.3, -0.25) is 4.90 Å². The third kappa shape index (κ3) is 2.56. The predicted molar refractivity (Wildman–Crippen MR) is 93.7 cm³/mol. The van der Waals surface area contributed by atoms with Gasteiger partial charge in [0.2, 0.25) is 0 Å². The Labute approximate surface area is 140 Å². The van der Waals surface area contributed by atoms with E-state index >= 15 is 0 Å². The van der Waals surface area contributed by atoms with Gasteiger partial charge in [0.15, 0.2) is 0 Å². The van der Waals surface area contributed by atoms with Crippen LogP contribution in [-0.2, 0) is 19.5 Å². The lowest BCUT2D eigenvalue weighted by atomic mass is 10.1. The highest BCUT2D eigenvalue weighted by Crippen LogP contribution is 2.38. The molecular formula is C19H19N3S. The third-order valence-electron chi connectivity index (χ3n) is 4.93. The Bertz CT molecular complexity index is 866. The highest BCUT2D eigenvalue weighted by molar-refractivity contribution is 7.17. The van der Waals surface area contributed by atoms with Crippen molar-refractivity contribution < 1.29 is 0 Å². The Balaban J connectivity index is 1.37. The van der Waals surface area contributed by atoms with Crippen LogP contribution in [0.1, 0.15) is 41.4 Å². The van der Waals surface area contributed by atoms with Gasteiger partial charge in [0.05, 0.1) is 0 Å². The van der Waals surface area contributed by atoms with Crippen LogP contribution in [0, 0.1) is 0 Å². The molecule has 0 spiro atoms. The molecule has 3 aromatic rings. The van der Waals surface area contributed by atoms with Crippen molar-refractivity contribution in [2.75, 3.05) is 6.54 Å². The molecule has 1 saturated carbocycles. The molecular weight excluding hydrogens is 302 g/mol. The van der Waals surface area contributed by atoms with E-state index in [9.17, 15) is 0 Å². The molecule has 1 aliphatic heterocycles. The minimum absolute atomic E-state index is 0.649. The highest BCUT2D eigenvalue weighted by Gasteiger charge is 2.28. The van der Waals surface area contributed by atoms with Crippen LogP contribution in [0.2, 0.25) is 0 Å². The molecule has 2 aliphatic rings. The standard InChI is InChI=1S/C19H19N3S/c1-2-4-18-16(3-1)15(12-23-18)11-22-8-7-17-14(10-22)9-20-19(21-17)13-5-6-13/h1-4,9,12-13H,5-8,10-11H2. The normalized spacial score (nSPS) is 18.3. The van der Waals surface area contributed by atoms with Crippen LogP contribution in [0.5, 0.6) is 0 Å². The van der Waals surface area contributed by atoms with Crippen LogP contribution in [0.15, 0.2) is 35.8 Å². The van der Waals surface area contributed by atoms with Crippen LogP contribution in [-0.4, -0.2) is 21.4 Å². The first kappa shape index (κ1) is 13.6. The summed E-state index contributed by atoms with van der Waals surface area (Å²) in [5.41, 5.74) is 4.05.